The Morgan fingerprint density at radius 3 is 2.38 bits per heavy atom. The average molecular weight is 592 g/mol. The van der Waals surface area contributed by atoms with E-state index in [9.17, 15) is 19.5 Å². The highest BCUT2D eigenvalue weighted by Gasteiger charge is 2.43. The van der Waals surface area contributed by atoms with Crippen molar-refractivity contribution in [2.75, 3.05) is 19.6 Å². The van der Waals surface area contributed by atoms with Crippen molar-refractivity contribution in [2.24, 2.45) is 0 Å². The maximum atomic E-state index is 13.7. The van der Waals surface area contributed by atoms with E-state index in [1.165, 1.54) is 23.8 Å². The van der Waals surface area contributed by atoms with Crippen LogP contribution in [0.15, 0.2) is 78.9 Å². The molecule has 1 unspecified atom stereocenters. The van der Waals surface area contributed by atoms with Gasteiger partial charge in [0.1, 0.15) is 6.04 Å². The smallest absolute Gasteiger partial charge is 0.258 e. The molecule has 1 saturated heterocycles. The Hall–Kier alpha value is -4.02. The van der Waals surface area contributed by atoms with Gasteiger partial charge in [0.15, 0.2) is 24.2 Å². The Bertz CT molecular complexity index is 1370. The fourth-order valence-electron chi connectivity index (χ4n) is 4.85. The largest absolute Gasteiger partial charge is 0.493 e. The Morgan fingerprint density at radius 1 is 1.00 bits per heavy atom. The molecule has 3 aromatic carbocycles. The number of nitrogens with one attached hydrogen (secondary N) is 2. The third kappa shape index (κ3) is 7.83. The highest BCUT2D eigenvalue weighted by atomic mass is 32.2. The quantitative estimate of drug-likeness (QED) is 0.296. The van der Waals surface area contributed by atoms with Crippen LogP contribution in [-0.4, -0.2) is 70.8 Å². The lowest BCUT2D eigenvalue weighted by molar-refractivity contribution is -0.147. The number of carbonyl (C=O) groups is 3. The maximum Gasteiger partial charge on any atom is 0.258 e. The normalized spacial score (nSPS) is 17.7. The Labute approximate surface area is 250 Å². The molecule has 42 heavy (non-hydrogen) atoms. The van der Waals surface area contributed by atoms with Crippen LogP contribution in [0, 0.1) is 6.92 Å². The van der Waals surface area contributed by atoms with Gasteiger partial charge in [-0.2, -0.15) is 0 Å². The molecular formula is C32H37N3O6S. The molecule has 0 radical (unpaired) electrons. The van der Waals surface area contributed by atoms with Gasteiger partial charge in [-0.1, -0.05) is 73.7 Å². The van der Waals surface area contributed by atoms with Gasteiger partial charge in [-0.05, 0) is 42.2 Å². The number of aliphatic hydroxyl groups is 1. The number of para-hydroxylation sites is 2. The van der Waals surface area contributed by atoms with Gasteiger partial charge in [0.05, 0.1) is 19.0 Å². The molecule has 10 heteroatoms. The average Bonchev–Trinajstić information content (AvgIpc) is 3.40. The zero-order chi connectivity index (χ0) is 30.1. The Kier molecular flexibility index (Phi) is 10.9. The van der Waals surface area contributed by atoms with Crippen molar-refractivity contribution in [1.29, 1.82) is 0 Å². The number of aryl methyl sites for hydroxylation is 1. The first kappa shape index (κ1) is 30.9. The predicted molar refractivity (Wildman–Crippen MR) is 162 cm³/mol. The number of aliphatic hydroxyl groups excluding tert-OH is 1. The van der Waals surface area contributed by atoms with Gasteiger partial charge in [0.25, 0.3) is 11.8 Å². The molecule has 3 aromatic rings. The number of carbonyl (C=O) groups excluding carboxylic acids is 3. The van der Waals surface area contributed by atoms with E-state index in [-0.39, 0.29) is 30.1 Å². The van der Waals surface area contributed by atoms with E-state index in [1.54, 1.807) is 24.3 Å². The molecule has 3 N–H and O–H groups in total. The Balaban J connectivity index is 1.45. The van der Waals surface area contributed by atoms with Crippen molar-refractivity contribution in [3.63, 3.8) is 0 Å². The lowest BCUT2D eigenvalue weighted by Crippen LogP contribution is -2.57. The van der Waals surface area contributed by atoms with E-state index >= 15 is 0 Å². The van der Waals surface area contributed by atoms with Crippen molar-refractivity contribution in [2.45, 2.75) is 50.3 Å². The monoisotopic (exact) mass is 591 g/mol. The number of hydrogen-bond acceptors (Lipinski definition) is 7. The van der Waals surface area contributed by atoms with Crippen LogP contribution in [0.2, 0.25) is 0 Å². The third-order valence-electron chi connectivity index (χ3n) is 7.23. The van der Waals surface area contributed by atoms with Crippen LogP contribution in [-0.2, 0) is 27.3 Å². The number of ether oxygens (including phenoxy) is 2. The molecule has 222 valence electrons. The van der Waals surface area contributed by atoms with E-state index in [2.05, 4.69) is 10.6 Å². The predicted octanol–water partition coefficient (Wildman–Crippen LogP) is 3.08. The van der Waals surface area contributed by atoms with Crippen molar-refractivity contribution in [3.05, 3.63) is 95.6 Å². The van der Waals surface area contributed by atoms with Crippen LogP contribution < -0.4 is 20.1 Å². The van der Waals surface area contributed by atoms with E-state index in [4.69, 9.17) is 9.47 Å². The number of amides is 3. The molecule has 0 spiro atoms. The van der Waals surface area contributed by atoms with E-state index in [0.29, 0.717) is 18.0 Å². The van der Waals surface area contributed by atoms with E-state index in [0.717, 1.165) is 16.7 Å². The van der Waals surface area contributed by atoms with Gasteiger partial charge in [-0.15, -0.1) is 11.8 Å². The fourth-order valence-corrected chi connectivity index (χ4v) is 5.99. The van der Waals surface area contributed by atoms with Crippen molar-refractivity contribution >= 4 is 29.5 Å². The lowest BCUT2D eigenvalue weighted by atomic mass is 9.99. The topological polar surface area (TPSA) is 117 Å². The summed E-state index contributed by atoms with van der Waals surface area (Å²) in [4.78, 5) is 41.3. The van der Waals surface area contributed by atoms with Gasteiger partial charge < -0.3 is 30.1 Å². The lowest BCUT2D eigenvalue weighted by Gasteiger charge is -2.30. The van der Waals surface area contributed by atoms with Crippen LogP contribution in [0.5, 0.6) is 11.5 Å². The number of rotatable bonds is 12. The molecule has 4 atom stereocenters. The van der Waals surface area contributed by atoms with Crippen LogP contribution >= 0.6 is 11.8 Å². The second kappa shape index (κ2) is 14.7. The first-order valence-corrected chi connectivity index (χ1v) is 14.8. The first-order valence-electron chi connectivity index (χ1n) is 13.8. The fraction of sp³-hybridized carbons (Fsp3) is 0.344. The highest BCUT2D eigenvalue weighted by molar-refractivity contribution is 8.00. The minimum atomic E-state index is -1.59. The van der Waals surface area contributed by atoms with Gasteiger partial charge >= 0.3 is 0 Å². The number of methoxy groups -OCH3 is 1. The summed E-state index contributed by atoms with van der Waals surface area (Å²) >= 11 is 1.47. The van der Waals surface area contributed by atoms with E-state index < -0.39 is 30.0 Å². The molecule has 1 aliphatic heterocycles. The minimum absolute atomic E-state index is 0.172. The van der Waals surface area contributed by atoms with Crippen LogP contribution in [0.1, 0.15) is 23.6 Å². The molecule has 0 aliphatic carbocycles. The van der Waals surface area contributed by atoms with Crippen molar-refractivity contribution in [1.82, 2.24) is 15.5 Å². The summed E-state index contributed by atoms with van der Waals surface area (Å²) in [5.74, 6) is -0.282. The minimum Gasteiger partial charge on any atom is -0.493 e. The summed E-state index contributed by atoms with van der Waals surface area (Å²) in [5.41, 5.74) is 2.88. The SMILES string of the molecule is COc1ccccc1OCC(=O)N[C@@H](Cc1ccccc1)[C@H](O)C(=O)N1CSC(C)[C@H]1C(=O)NCc1ccccc1C. The van der Waals surface area contributed by atoms with Crippen LogP contribution in [0.25, 0.3) is 0 Å². The summed E-state index contributed by atoms with van der Waals surface area (Å²) < 4.78 is 10.9. The highest BCUT2D eigenvalue weighted by Crippen LogP contribution is 2.30. The van der Waals surface area contributed by atoms with Crippen molar-refractivity contribution < 1.29 is 29.0 Å². The maximum absolute atomic E-state index is 13.7. The Morgan fingerprint density at radius 2 is 1.67 bits per heavy atom. The van der Waals surface area contributed by atoms with Gasteiger partial charge in [-0.3, -0.25) is 14.4 Å². The summed E-state index contributed by atoms with van der Waals surface area (Å²) in [6.07, 6.45) is -1.38. The number of hydrogen-bond donors (Lipinski definition) is 3. The van der Waals surface area contributed by atoms with Crippen LogP contribution in [0.3, 0.4) is 0 Å². The van der Waals surface area contributed by atoms with Gasteiger partial charge in [-0.25, -0.2) is 0 Å². The second-order valence-corrected chi connectivity index (χ2v) is 11.5. The van der Waals surface area contributed by atoms with Gasteiger partial charge in [0.2, 0.25) is 5.91 Å². The molecule has 4 rings (SSSR count). The van der Waals surface area contributed by atoms with E-state index in [1.807, 2.05) is 68.4 Å². The van der Waals surface area contributed by atoms with Crippen molar-refractivity contribution in [3.8, 4) is 11.5 Å². The summed E-state index contributed by atoms with van der Waals surface area (Å²) in [6.45, 7) is 3.86. The summed E-state index contributed by atoms with van der Waals surface area (Å²) in [6, 6.07) is 22.3. The van der Waals surface area contributed by atoms with Gasteiger partial charge in [0, 0.05) is 11.8 Å². The molecule has 1 aliphatic rings. The molecule has 9 nitrogen and oxygen atoms in total. The molecule has 0 bridgehead atoms. The molecule has 0 aromatic heterocycles. The standard InChI is InChI=1S/C32H37N3O6S/c1-21-11-7-8-14-24(21)18-33-31(38)29-22(2)42-20-35(29)32(39)30(37)25(17-23-12-5-4-6-13-23)34-28(36)19-41-27-16-10-9-15-26(27)40-3/h4-16,22,25,29-30,37H,17-20H2,1-3H3,(H,33,38)(H,34,36)/t22?,25-,29-,30-/m0/s1. The first-order chi connectivity index (χ1) is 20.3. The molecule has 1 fully saturated rings. The summed E-state index contributed by atoms with van der Waals surface area (Å²) in [7, 11) is 1.51. The van der Waals surface area contributed by atoms with Crippen LogP contribution in [0.4, 0.5) is 0 Å². The number of thioether (sulfide) groups is 1. The zero-order valence-corrected chi connectivity index (χ0v) is 24.8. The third-order valence-corrected chi connectivity index (χ3v) is 8.44. The number of benzene rings is 3. The number of nitrogens with zero attached hydrogens (tertiary/aromatic N) is 1. The summed E-state index contributed by atoms with van der Waals surface area (Å²) in [5, 5.41) is 16.9. The molecule has 0 saturated carbocycles. The second-order valence-electron chi connectivity index (χ2n) is 10.1. The molecular weight excluding hydrogens is 554 g/mol. The molecule has 3 amide bonds. The molecule has 1 heterocycles. The zero-order valence-electron chi connectivity index (χ0n) is 24.0.